The smallest absolute Gasteiger partial charge is 0.282 e. The summed E-state index contributed by atoms with van der Waals surface area (Å²) < 4.78 is 30.3. The summed E-state index contributed by atoms with van der Waals surface area (Å²) in [6, 6.07) is 0.150. The van der Waals surface area contributed by atoms with Crippen LogP contribution in [0.25, 0.3) is 0 Å². The maximum Gasteiger partial charge on any atom is 0.282 e. The third-order valence-electron chi connectivity index (χ3n) is 4.69. The molecular weight excluding hydrogens is 358 g/mol. The van der Waals surface area contributed by atoms with Gasteiger partial charge in [-0.15, -0.1) is 12.4 Å². The van der Waals surface area contributed by atoms with Crippen LogP contribution in [-0.4, -0.2) is 55.8 Å². The van der Waals surface area contributed by atoms with E-state index in [2.05, 4.69) is 39.9 Å². The molecule has 0 aromatic rings. The van der Waals surface area contributed by atoms with Crippen molar-refractivity contribution in [3.8, 4) is 0 Å². The molecule has 0 amide bonds. The van der Waals surface area contributed by atoms with E-state index in [4.69, 9.17) is 0 Å². The van der Waals surface area contributed by atoms with E-state index in [9.17, 15) is 8.42 Å². The summed E-state index contributed by atoms with van der Waals surface area (Å²) in [4.78, 5) is 0. The molecule has 0 aliphatic carbocycles. The second-order valence-corrected chi connectivity index (χ2v) is 9.74. The van der Waals surface area contributed by atoms with Gasteiger partial charge in [0, 0.05) is 25.7 Å². The molecule has 0 atom stereocenters. The molecule has 7 heteroatoms. The van der Waals surface area contributed by atoms with E-state index in [1.807, 2.05) is 0 Å². The molecule has 152 valence electrons. The Morgan fingerprint density at radius 1 is 0.960 bits per heavy atom. The van der Waals surface area contributed by atoms with Gasteiger partial charge < -0.3 is 5.32 Å². The van der Waals surface area contributed by atoms with Crippen LogP contribution in [0.1, 0.15) is 66.7 Å². The van der Waals surface area contributed by atoms with Gasteiger partial charge in [-0.1, -0.05) is 34.6 Å². The molecule has 0 spiro atoms. The summed E-state index contributed by atoms with van der Waals surface area (Å²) >= 11 is 0. The highest BCUT2D eigenvalue weighted by Gasteiger charge is 2.34. The van der Waals surface area contributed by atoms with Crippen LogP contribution in [0.2, 0.25) is 0 Å². The third kappa shape index (κ3) is 8.57. The zero-order chi connectivity index (χ0) is 18.2. The van der Waals surface area contributed by atoms with Gasteiger partial charge in [0.15, 0.2) is 0 Å². The Kier molecular flexibility index (Phi) is 12.6. The summed E-state index contributed by atoms with van der Waals surface area (Å²) in [5.74, 6) is 1.03. The molecule has 25 heavy (non-hydrogen) atoms. The first-order valence-corrected chi connectivity index (χ1v) is 11.2. The van der Waals surface area contributed by atoms with Gasteiger partial charge in [0.25, 0.3) is 10.2 Å². The minimum Gasteiger partial charge on any atom is -0.317 e. The maximum absolute atomic E-state index is 13.4. The van der Waals surface area contributed by atoms with Crippen molar-refractivity contribution in [2.75, 3.05) is 32.7 Å². The Hall–Kier alpha value is 0.120. The molecule has 0 aromatic carbocycles. The van der Waals surface area contributed by atoms with Crippen molar-refractivity contribution < 1.29 is 8.42 Å². The van der Waals surface area contributed by atoms with Gasteiger partial charge in [-0.25, -0.2) is 0 Å². The zero-order valence-corrected chi connectivity index (χ0v) is 18.5. The van der Waals surface area contributed by atoms with Gasteiger partial charge in [-0.05, 0) is 57.0 Å². The van der Waals surface area contributed by atoms with Gasteiger partial charge >= 0.3 is 0 Å². The van der Waals surface area contributed by atoms with Crippen LogP contribution >= 0.6 is 12.4 Å². The van der Waals surface area contributed by atoms with E-state index >= 15 is 0 Å². The van der Waals surface area contributed by atoms with Crippen molar-refractivity contribution in [2.45, 2.75) is 72.8 Å². The average Bonchev–Trinajstić information content (AvgIpc) is 2.52. The minimum absolute atomic E-state index is 0. The highest BCUT2D eigenvalue weighted by Crippen LogP contribution is 2.21. The molecule has 1 aliphatic rings. The van der Waals surface area contributed by atoms with Crippen molar-refractivity contribution in [1.29, 1.82) is 0 Å². The zero-order valence-electron chi connectivity index (χ0n) is 16.8. The molecule has 1 saturated heterocycles. The number of halogens is 1. The molecule has 0 aromatic heterocycles. The van der Waals surface area contributed by atoms with E-state index < -0.39 is 10.2 Å². The van der Waals surface area contributed by atoms with Crippen LogP contribution < -0.4 is 5.32 Å². The minimum atomic E-state index is -3.38. The van der Waals surface area contributed by atoms with E-state index in [0.29, 0.717) is 31.5 Å². The number of rotatable bonds is 11. The van der Waals surface area contributed by atoms with Crippen LogP contribution in [0.15, 0.2) is 0 Å². The summed E-state index contributed by atoms with van der Waals surface area (Å²) in [7, 11) is -3.38. The highest BCUT2D eigenvalue weighted by atomic mass is 35.5. The van der Waals surface area contributed by atoms with E-state index in [1.165, 1.54) is 0 Å². The lowest BCUT2D eigenvalue weighted by Gasteiger charge is -2.37. The van der Waals surface area contributed by atoms with Gasteiger partial charge in [-0.2, -0.15) is 17.0 Å². The molecular formula is C18H40ClN3O2S. The van der Waals surface area contributed by atoms with Gasteiger partial charge in [-0.3, -0.25) is 0 Å². The summed E-state index contributed by atoms with van der Waals surface area (Å²) in [6.45, 7) is 14.4. The predicted octanol–water partition coefficient (Wildman–Crippen LogP) is 3.51. The number of piperidine rings is 1. The molecule has 1 aliphatic heterocycles. The third-order valence-corrected chi connectivity index (χ3v) is 6.79. The van der Waals surface area contributed by atoms with Crippen molar-refractivity contribution in [3.05, 3.63) is 0 Å². The van der Waals surface area contributed by atoms with Crippen molar-refractivity contribution in [2.24, 2.45) is 11.8 Å². The normalized spacial score (nSPS) is 16.8. The molecule has 1 heterocycles. The average molecular weight is 398 g/mol. The van der Waals surface area contributed by atoms with E-state index in [1.54, 1.807) is 8.61 Å². The first kappa shape index (κ1) is 25.1. The lowest BCUT2D eigenvalue weighted by atomic mass is 10.1. The highest BCUT2D eigenvalue weighted by molar-refractivity contribution is 7.86. The fraction of sp³-hybridized carbons (Fsp3) is 1.00. The van der Waals surface area contributed by atoms with Crippen molar-refractivity contribution in [3.63, 3.8) is 0 Å². The molecule has 0 unspecified atom stereocenters. The molecule has 1 fully saturated rings. The van der Waals surface area contributed by atoms with E-state index in [0.717, 1.165) is 45.2 Å². The molecule has 1 N–H and O–H groups in total. The Labute approximate surface area is 162 Å². The second kappa shape index (κ2) is 12.5. The second-order valence-electron chi connectivity index (χ2n) is 7.86. The lowest BCUT2D eigenvalue weighted by Crippen LogP contribution is -2.52. The van der Waals surface area contributed by atoms with E-state index in [-0.39, 0.29) is 18.4 Å². The van der Waals surface area contributed by atoms with Crippen LogP contribution in [-0.2, 0) is 10.2 Å². The van der Waals surface area contributed by atoms with Crippen LogP contribution in [0.4, 0.5) is 0 Å². The lowest BCUT2D eigenvalue weighted by molar-refractivity contribution is 0.236. The Bertz CT molecular complexity index is 426. The van der Waals surface area contributed by atoms with Gasteiger partial charge in [0.1, 0.15) is 0 Å². The Balaban J connectivity index is 0.00000576. The largest absolute Gasteiger partial charge is 0.317 e. The summed E-state index contributed by atoms with van der Waals surface area (Å²) in [6.07, 6.45) is 4.54. The van der Waals surface area contributed by atoms with Crippen molar-refractivity contribution in [1.82, 2.24) is 13.9 Å². The van der Waals surface area contributed by atoms with Crippen molar-refractivity contribution >= 4 is 22.6 Å². The first-order chi connectivity index (χ1) is 11.3. The molecule has 5 nitrogen and oxygen atoms in total. The fourth-order valence-corrected chi connectivity index (χ4v) is 5.07. The maximum atomic E-state index is 13.4. The Morgan fingerprint density at radius 2 is 1.44 bits per heavy atom. The number of nitrogens with zero attached hydrogens (tertiary/aromatic N) is 2. The monoisotopic (exact) mass is 397 g/mol. The number of hydrogen-bond acceptors (Lipinski definition) is 3. The summed E-state index contributed by atoms with van der Waals surface area (Å²) in [5.41, 5.74) is 0. The molecule has 0 saturated carbocycles. The molecule has 0 radical (unpaired) electrons. The summed E-state index contributed by atoms with van der Waals surface area (Å²) in [5, 5.41) is 3.34. The quantitative estimate of drug-likeness (QED) is 0.580. The topological polar surface area (TPSA) is 52.7 Å². The van der Waals surface area contributed by atoms with Crippen LogP contribution in [0.5, 0.6) is 0 Å². The Morgan fingerprint density at radius 3 is 1.84 bits per heavy atom. The van der Waals surface area contributed by atoms with Gasteiger partial charge in [0.2, 0.25) is 0 Å². The number of nitrogens with one attached hydrogen (secondary N) is 1. The molecule has 0 bridgehead atoms. The fourth-order valence-electron chi connectivity index (χ4n) is 3.10. The van der Waals surface area contributed by atoms with Crippen LogP contribution in [0.3, 0.4) is 0 Å². The molecule has 1 rings (SSSR count). The first-order valence-electron chi connectivity index (χ1n) is 9.76. The van der Waals surface area contributed by atoms with Crippen LogP contribution in [0, 0.1) is 11.8 Å². The van der Waals surface area contributed by atoms with Gasteiger partial charge in [0.05, 0.1) is 0 Å². The standard InChI is InChI=1S/C18H39N3O2S.ClH/c1-6-13-21(18-7-11-19-12-8-18)24(22,23)20(14-9-16(2)3)15-10-17(4)5;/h16-19H,6-15H2,1-5H3;1H. The number of hydrogen-bond donors (Lipinski definition) is 1. The SMILES string of the molecule is CCCN(C1CCNCC1)S(=O)(=O)N(CCC(C)C)CCC(C)C.Cl. The predicted molar refractivity (Wildman–Crippen MR) is 110 cm³/mol.